The third kappa shape index (κ3) is 2.55. The van der Waals surface area contributed by atoms with Gasteiger partial charge < -0.3 is 5.32 Å². The lowest BCUT2D eigenvalue weighted by Gasteiger charge is -2.39. The first kappa shape index (κ1) is 13.4. The van der Waals surface area contributed by atoms with E-state index in [1.54, 1.807) is 0 Å². The molecule has 1 aromatic carbocycles. The molecule has 1 N–H and O–H groups in total. The molecule has 0 aromatic heterocycles. The molecule has 0 radical (unpaired) electrons. The number of halogens is 4. The molecule has 2 aliphatic carbocycles. The number of benzene rings is 1. The first-order valence-electron chi connectivity index (χ1n) is 6.49. The maximum absolute atomic E-state index is 12.8. The van der Waals surface area contributed by atoms with E-state index < -0.39 is 11.7 Å². The minimum atomic E-state index is -4.10. The summed E-state index contributed by atoms with van der Waals surface area (Å²) < 4.78 is 39.5. The predicted octanol–water partition coefficient (Wildman–Crippen LogP) is 4.38. The van der Waals surface area contributed by atoms with Crippen LogP contribution in [0.25, 0.3) is 0 Å². The fourth-order valence-electron chi connectivity index (χ4n) is 2.79. The molecule has 2 aliphatic rings. The van der Waals surface area contributed by atoms with Gasteiger partial charge in [-0.25, -0.2) is 0 Å². The second kappa shape index (κ2) is 4.48. The molecule has 1 nitrogen and oxygen atoms in total. The second-order valence-electron chi connectivity index (χ2n) is 5.64. The largest absolute Gasteiger partial charge is 0.406 e. The van der Waals surface area contributed by atoms with Crippen LogP contribution < -0.4 is 5.32 Å². The highest BCUT2D eigenvalue weighted by molar-refractivity contribution is 9.10. The molecule has 0 spiro atoms. The van der Waals surface area contributed by atoms with E-state index in [0.717, 1.165) is 17.3 Å². The topological polar surface area (TPSA) is 12.0 Å². The van der Waals surface area contributed by atoms with Crippen molar-refractivity contribution in [1.29, 1.82) is 0 Å². The van der Waals surface area contributed by atoms with Gasteiger partial charge in [0.05, 0.1) is 0 Å². The molecule has 3 rings (SSSR count). The summed E-state index contributed by atoms with van der Waals surface area (Å²) >= 11 is 3.42. The zero-order valence-electron chi connectivity index (χ0n) is 10.3. The van der Waals surface area contributed by atoms with Crippen LogP contribution in [-0.4, -0.2) is 17.8 Å². The summed E-state index contributed by atoms with van der Waals surface area (Å²) in [5.41, 5.74) is -0.357. The highest BCUT2D eigenvalue weighted by atomic mass is 79.9. The van der Waals surface area contributed by atoms with Gasteiger partial charge in [-0.15, -0.1) is 0 Å². The van der Waals surface area contributed by atoms with Crippen LogP contribution in [0, 0.1) is 0 Å². The Balaban J connectivity index is 1.57. The smallest absolute Gasteiger partial charge is 0.301 e. The number of hydrogen-bond donors (Lipinski definition) is 1. The van der Waals surface area contributed by atoms with Crippen molar-refractivity contribution in [2.45, 2.75) is 49.4 Å². The minimum absolute atomic E-state index is 0.00751. The summed E-state index contributed by atoms with van der Waals surface area (Å²) in [5, 5.41) is 2.82. The number of hydrogen-bond acceptors (Lipinski definition) is 1. The maximum Gasteiger partial charge on any atom is 0.406 e. The van der Waals surface area contributed by atoms with Gasteiger partial charge in [-0.05, 0) is 49.3 Å². The predicted molar refractivity (Wildman–Crippen MR) is 71.1 cm³/mol. The molecular weight excluding hydrogens is 319 g/mol. The fraction of sp³-hybridized carbons (Fsp3) is 0.571. The van der Waals surface area contributed by atoms with E-state index in [0.29, 0.717) is 5.92 Å². The summed E-state index contributed by atoms with van der Waals surface area (Å²) in [5.74, 6) is 0.388. The SMILES string of the molecule is FC(F)(F)C1(NC2CC(c3cccc(Br)c3)C2)CC1. The van der Waals surface area contributed by atoms with Gasteiger partial charge in [0.15, 0.2) is 0 Å². The molecule has 0 amide bonds. The zero-order chi connectivity index (χ0) is 13.7. The van der Waals surface area contributed by atoms with Crippen LogP contribution in [0.1, 0.15) is 37.2 Å². The summed E-state index contributed by atoms with van der Waals surface area (Å²) in [6, 6.07) is 8.03. The third-order valence-corrected chi connectivity index (χ3v) is 4.72. The van der Waals surface area contributed by atoms with Crippen LogP contribution in [0.15, 0.2) is 28.7 Å². The molecule has 0 atom stereocenters. The molecule has 104 valence electrons. The first-order valence-corrected chi connectivity index (χ1v) is 7.29. The van der Waals surface area contributed by atoms with Crippen LogP contribution in [0.5, 0.6) is 0 Å². The number of alkyl halides is 3. The Morgan fingerprint density at radius 2 is 1.89 bits per heavy atom. The van der Waals surface area contributed by atoms with Crippen molar-refractivity contribution >= 4 is 15.9 Å². The van der Waals surface area contributed by atoms with Crippen LogP contribution in [-0.2, 0) is 0 Å². The molecule has 0 unspecified atom stereocenters. The summed E-state index contributed by atoms with van der Waals surface area (Å²) in [6.07, 6.45) is -2.04. The highest BCUT2D eigenvalue weighted by Crippen LogP contribution is 2.51. The van der Waals surface area contributed by atoms with Crippen molar-refractivity contribution in [3.05, 3.63) is 34.3 Å². The third-order valence-electron chi connectivity index (χ3n) is 4.23. The lowest BCUT2D eigenvalue weighted by atomic mass is 9.75. The maximum atomic E-state index is 12.8. The van der Waals surface area contributed by atoms with Crippen molar-refractivity contribution in [3.63, 3.8) is 0 Å². The quantitative estimate of drug-likeness (QED) is 0.865. The minimum Gasteiger partial charge on any atom is -0.301 e. The fourth-order valence-corrected chi connectivity index (χ4v) is 3.21. The van der Waals surface area contributed by atoms with Gasteiger partial charge in [-0.3, -0.25) is 0 Å². The Morgan fingerprint density at radius 3 is 2.42 bits per heavy atom. The van der Waals surface area contributed by atoms with Crippen LogP contribution >= 0.6 is 15.9 Å². The Hall–Kier alpha value is -0.550. The van der Waals surface area contributed by atoms with E-state index in [1.165, 1.54) is 5.56 Å². The average molecular weight is 334 g/mol. The molecule has 0 saturated heterocycles. The van der Waals surface area contributed by atoms with Gasteiger partial charge in [-0.2, -0.15) is 13.2 Å². The van der Waals surface area contributed by atoms with Crippen molar-refractivity contribution in [2.75, 3.05) is 0 Å². The highest BCUT2D eigenvalue weighted by Gasteiger charge is 2.64. The van der Waals surface area contributed by atoms with Gasteiger partial charge >= 0.3 is 6.18 Å². The Labute approximate surface area is 118 Å². The van der Waals surface area contributed by atoms with E-state index in [1.807, 2.05) is 18.2 Å². The number of nitrogens with one attached hydrogen (secondary N) is 1. The van der Waals surface area contributed by atoms with Gasteiger partial charge in [0.2, 0.25) is 0 Å². The molecule has 2 saturated carbocycles. The van der Waals surface area contributed by atoms with Crippen molar-refractivity contribution < 1.29 is 13.2 Å². The van der Waals surface area contributed by atoms with Crippen molar-refractivity contribution in [3.8, 4) is 0 Å². The lowest BCUT2D eigenvalue weighted by Crippen LogP contribution is -2.53. The van der Waals surface area contributed by atoms with E-state index in [-0.39, 0.29) is 18.9 Å². The summed E-state index contributed by atoms with van der Waals surface area (Å²) in [7, 11) is 0. The molecule has 19 heavy (non-hydrogen) atoms. The second-order valence-corrected chi connectivity index (χ2v) is 6.56. The van der Waals surface area contributed by atoms with E-state index in [4.69, 9.17) is 0 Å². The van der Waals surface area contributed by atoms with E-state index >= 15 is 0 Å². The van der Waals surface area contributed by atoms with Crippen LogP contribution in [0.2, 0.25) is 0 Å². The number of rotatable bonds is 3. The van der Waals surface area contributed by atoms with Gasteiger partial charge in [-0.1, -0.05) is 28.1 Å². The molecule has 5 heteroatoms. The Bertz CT molecular complexity index is 476. The Morgan fingerprint density at radius 1 is 1.21 bits per heavy atom. The van der Waals surface area contributed by atoms with Gasteiger partial charge in [0.1, 0.15) is 5.54 Å². The van der Waals surface area contributed by atoms with Crippen LogP contribution in [0.3, 0.4) is 0 Å². The van der Waals surface area contributed by atoms with E-state index in [9.17, 15) is 13.2 Å². The first-order chi connectivity index (χ1) is 8.90. The molecule has 1 aromatic rings. The molecule has 0 heterocycles. The monoisotopic (exact) mass is 333 g/mol. The van der Waals surface area contributed by atoms with Crippen LogP contribution in [0.4, 0.5) is 13.2 Å². The summed E-state index contributed by atoms with van der Waals surface area (Å²) in [4.78, 5) is 0. The van der Waals surface area contributed by atoms with Gasteiger partial charge in [0, 0.05) is 10.5 Å². The molecule has 0 bridgehead atoms. The zero-order valence-corrected chi connectivity index (χ0v) is 11.9. The molecular formula is C14H15BrF3N. The standard InChI is InChI=1S/C14H15BrF3N/c15-11-3-1-2-9(6-11)10-7-12(8-10)19-13(4-5-13)14(16,17)18/h1-3,6,10,12,19H,4-5,7-8H2. The van der Waals surface area contributed by atoms with Gasteiger partial charge in [0.25, 0.3) is 0 Å². The normalized spacial score (nSPS) is 28.8. The summed E-state index contributed by atoms with van der Waals surface area (Å²) in [6.45, 7) is 0. The Kier molecular flexibility index (Phi) is 3.17. The van der Waals surface area contributed by atoms with E-state index in [2.05, 4.69) is 27.3 Å². The molecule has 0 aliphatic heterocycles. The van der Waals surface area contributed by atoms with Crippen molar-refractivity contribution in [1.82, 2.24) is 5.32 Å². The molecule has 2 fully saturated rings. The lowest BCUT2D eigenvalue weighted by molar-refractivity contribution is -0.169. The van der Waals surface area contributed by atoms with Crippen molar-refractivity contribution in [2.24, 2.45) is 0 Å². The average Bonchev–Trinajstić information content (AvgIpc) is 3.03.